The van der Waals surface area contributed by atoms with E-state index in [1.165, 1.54) is 4.90 Å². The molecule has 0 aliphatic carbocycles. The quantitative estimate of drug-likeness (QED) is 0.749. The average molecular weight is 405 g/mol. The standard InChI is InChI=1S/C23H23N3O4/c1-3-15-5-4-6-17(11-15)24-19(27)12-26-18-13-30-22(28)20(18)21(25-23(26)29)16-9-7-14(2)8-10-16/h4-11,21H,3,12-13H2,1-2H3,(H,24,27)(H,25,29). The Balaban J connectivity index is 1.57. The maximum absolute atomic E-state index is 12.8. The first-order chi connectivity index (χ1) is 14.5. The predicted molar refractivity (Wildman–Crippen MR) is 112 cm³/mol. The van der Waals surface area contributed by atoms with Gasteiger partial charge in [0.15, 0.2) is 0 Å². The summed E-state index contributed by atoms with van der Waals surface area (Å²) < 4.78 is 5.21. The van der Waals surface area contributed by atoms with Crippen LogP contribution in [0.2, 0.25) is 0 Å². The number of urea groups is 1. The second-order valence-electron chi connectivity index (χ2n) is 7.42. The first kappa shape index (κ1) is 19.7. The molecule has 7 heteroatoms. The molecule has 2 aliphatic heterocycles. The van der Waals surface area contributed by atoms with Gasteiger partial charge in [-0.2, -0.15) is 0 Å². The number of amides is 3. The number of carbonyl (C=O) groups excluding carboxylic acids is 3. The summed E-state index contributed by atoms with van der Waals surface area (Å²) in [7, 11) is 0. The Kier molecular flexibility index (Phi) is 5.27. The molecule has 7 nitrogen and oxygen atoms in total. The van der Waals surface area contributed by atoms with Crippen molar-refractivity contribution in [3.05, 3.63) is 76.5 Å². The largest absolute Gasteiger partial charge is 0.456 e. The van der Waals surface area contributed by atoms with E-state index in [1.807, 2.05) is 56.3 Å². The van der Waals surface area contributed by atoms with Gasteiger partial charge >= 0.3 is 12.0 Å². The molecule has 0 bridgehead atoms. The zero-order valence-electron chi connectivity index (χ0n) is 16.9. The fourth-order valence-corrected chi connectivity index (χ4v) is 3.70. The number of nitrogens with one attached hydrogen (secondary N) is 2. The molecule has 30 heavy (non-hydrogen) atoms. The number of benzene rings is 2. The van der Waals surface area contributed by atoms with Crippen molar-refractivity contribution in [3.63, 3.8) is 0 Å². The lowest BCUT2D eigenvalue weighted by Gasteiger charge is -2.32. The maximum Gasteiger partial charge on any atom is 0.338 e. The maximum atomic E-state index is 12.8. The van der Waals surface area contributed by atoms with Gasteiger partial charge in [0.1, 0.15) is 13.2 Å². The van der Waals surface area contributed by atoms with Gasteiger partial charge in [0.2, 0.25) is 5.91 Å². The summed E-state index contributed by atoms with van der Waals surface area (Å²) in [5.74, 6) is -0.824. The van der Waals surface area contributed by atoms with E-state index in [0.29, 0.717) is 17.0 Å². The molecule has 2 aromatic carbocycles. The Morgan fingerprint density at radius 3 is 2.70 bits per heavy atom. The van der Waals surface area contributed by atoms with Crippen LogP contribution in [0.1, 0.15) is 29.7 Å². The summed E-state index contributed by atoms with van der Waals surface area (Å²) in [5.41, 5.74) is 4.45. The molecular weight excluding hydrogens is 382 g/mol. The van der Waals surface area contributed by atoms with Crippen molar-refractivity contribution in [2.24, 2.45) is 0 Å². The van der Waals surface area contributed by atoms with Crippen molar-refractivity contribution in [3.8, 4) is 0 Å². The van der Waals surface area contributed by atoms with Gasteiger partial charge in [-0.25, -0.2) is 9.59 Å². The van der Waals surface area contributed by atoms with Crippen LogP contribution >= 0.6 is 0 Å². The molecule has 0 spiro atoms. The number of nitrogens with zero attached hydrogens (tertiary/aromatic N) is 1. The molecule has 0 saturated carbocycles. The van der Waals surface area contributed by atoms with Gasteiger partial charge in [-0.15, -0.1) is 0 Å². The number of cyclic esters (lactones) is 1. The molecule has 1 atom stereocenters. The Morgan fingerprint density at radius 1 is 1.20 bits per heavy atom. The zero-order chi connectivity index (χ0) is 21.3. The van der Waals surface area contributed by atoms with Crippen LogP contribution in [0.15, 0.2) is 59.8 Å². The zero-order valence-corrected chi connectivity index (χ0v) is 16.9. The molecule has 3 amide bonds. The molecule has 0 saturated heterocycles. The van der Waals surface area contributed by atoms with Gasteiger partial charge in [0.25, 0.3) is 0 Å². The van der Waals surface area contributed by atoms with Gasteiger partial charge in [-0.3, -0.25) is 9.69 Å². The van der Waals surface area contributed by atoms with Gasteiger partial charge in [0, 0.05) is 5.69 Å². The van der Waals surface area contributed by atoms with Crippen LogP contribution in [0.4, 0.5) is 10.5 Å². The molecule has 0 aromatic heterocycles. The minimum Gasteiger partial charge on any atom is -0.456 e. The van der Waals surface area contributed by atoms with E-state index in [-0.39, 0.29) is 19.1 Å². The topological polar surface area (TPSA) is 87.7 Å². The molecule has 2 N–H and O–H groups in total. The minimum atomic E-state index is -0.594. The fraction of sp³-hybridized carbons (Fsp3) is 0.261. The van der Waals surface area contributed by atoms with Gasteiger partial charge in [-0.05, 0) is 36.6 Å². The van der Waals surface area contributed by atoms with Crippen molar-refractivity contribution in [1.29, 1.82) is 0 Å². The van der Waals surface area contributed by atoms with E-state index in [9.17, 15) is 14.4 Å². The first-order valence-corrected chi connectivity index (χ1v) is 9.90. The smallest absolute Gasteiger partial charge is 0.338 e. The summed E-state index contributed by atoms with van der Waals surface area (Å²) in [5, 5.41) is 5.66. The van der Waals surface area contributed by atoms with E-state index in [4.69, 9.17) is 4.74 Å². The van der Waals surface area contributed by atoms with E-state index in [1.54, 1.807) is 6.07 Å². The van der Waals surface area contributed by atoms with Crippen LogP contribution < -0.4 is 10.6 Å². The Bertz CT molecular complexity index is 1040. The molecule has 2 aliphatic rings. The minimum absolute atomic E-state index is 0.0253. The molecule has 4 rings (SSSR count). The first-order valence-electron chi connectivity index (χ1n) is 9.90. The lowest BCUT2D eigenvalue weighted by molar-refractivity contribution is -0.136. The third-order valence-corrected chi connectivity index (χ3v) is 5.33. The van der Waals surface area contributed by atoms with Crippen molar-refractivity contribution in [1.82, 2.24) is 10.2 Å². The Hall–Kier alpha value is -3.61. The van der Waals surface area contributed by atoms with Gasteiger partial charge in [-0.1, -0.05) is 48.9 Å². The van der Waals surface area contributed by atoms with Crippen LogP contribution in [-0.2, 0) is 20.7 Å². The summed E-state index contributed by atoms with van der Waals surface area (Å²) in [6.45, 7) is 3.77. The lowest BCUT2D eigenvalue weighted by Crippen LogP contribution is -2.49. The summed E-state index contributed by atoms with van der Waals surface area (Å²) in [6, 6.07) is 14.1. The van der Waals surface area contributed by atoms with Crippen molar-refractivity contribution >= 4 is 23.6 Å². The number of esters is 1. The number of hydrogen-bond acceptors (Lipinski definition) is 4. The Labute approximate surface area is 174 Å². The van der Waals surface area contributed by atoms with Crippen LogP contribution in [0.3, 0.4) is 0 Å². The number of anilines is 1. The highest BCUT2D eigenvalue weighted by molar-refractivity contribution is 6.00. The Morgan fingerprint density at radius 2 is 1.97 bits per heavy atom. The number of carbonyl (C=O) groups is 3. The number of hydrogen-bond donors (Lipinski definition) is 2. The highest BCUT2D eigenvalue weighted by Gasteiger charge is 2.42. The molecule has 1 unspecified atom stereocenters. The van der Waals surface area contributed by atoms with E-state index in [0.717, 1.165) is 23.1 Å². The SMILES string of the molecule is CCc1cccc(NC(=O)CN2C(=O)NC(c3ccc(C)cc3)C3=C2COC3=O)c1. The summed E-state index contributed by atoms with van der Waals surface area (Å²) in [6.07, 6.45) is 0.855. The fourth-order valence-electron chi connectivity index (χ4n) is 3.70. The van der Waals surface area contributed by atoms with E-state index < -0.39 is 18.0 Å². The van der Waals surface area contributed by atoms with Crippen LogP contribution in [0.5, 0.6) is 0 Å². The van der Waals surface area contributed by atoms with Crippen LogP contribution in [0, 0.1) is 6.92 Å². The van der Waals surface area contributed by atoms with Crippen LogP contribution in [-0.4, -0.2) is 36.0 Å². The van der Waals surface area contributed by atoms with Gasteiger partial charge < -0.3 is 15.4 Å². The monoisotopic (exact) mass is 405 g/mol. The summed E-state index contributed by atoms with van der Waals surface area (Å²) >= 11 is 0. The molecule has 0 radical (unpaired) electrons. The summed E-state index contributed by atoms with van der Waals surface area (Å²) in [4.78, 5) is 39.1. The van der Waals surface area contributed by atoms with Gasteiger partial charge in [0.05, 0.1) is 17.3 Å². The molecule has 2 heterocycles. The third-order valence-electron chi connectivity index (χ3n) is 5.33. The van der Waals surface area contributed by atoms with Crippen molar-refractivity contribution in [2.75, 3.05) is 18.5 Å². The average Bonchev–Trinajstić information content (AvgIpc) is 3.12. The highest BCUT2D eigenvalue weighted by atomic mass is 16.5. The van der Waals surface area contributed by atoms with Crippen molar-refractivity contribution in [2.45, 2.75) is 26.3 Å². The van der Waals surface area contributed by atoms with E-state index in [2.05, 4.69) is 10.6 Å². The highest BCUT2D eigenvalue weighted by Crippen LogP contribution is 2.35. The normalized spacial score (nSPS) is 18.1. The number of ether oxygens (including phenoxy) is 1. The number of rotatable bonds is 5. The molecule has 154 valence electrons. The number of aryl methyl sites for hydroxylation is 2. The van der Waals surface area contributed by atoms with E-state index >= 15 is 0 Å². The van der Waals surface area contributed by atoms with Crippen molar-refractivity contribution < 1.29 is 19.1 Å². The third kappa shape index (κ3) is 3.78. The molecular formula is C23H23N3O4. The second kappa shape index (κ2) is 8.02. The second-order valence-corrected chi connectivity index (χ2v) is 7.42. The lowest BCUT2D eigenvalue weighted by atomic mass is 9.95. The van der Waals surface area contributed by atoms with Crippen LogP contribution in [0.25, 0.3) is 0 Å². The predicted octanol–water partition coefficient (Wildman–Crippen LogP) is 3.07. The molecule has 2 aromatic rings. The molecule has 0 fully saturated rings.